The lowest BCUT2D eigenvalue weighted by molar-refractivity contribution is -0.139. The van der Waals surface area contributed by atoms with Gasteiger partial charge in [0.1, 0.15) is 5.75 Å². The van der Waals surface area contributed by atoms with Crippen LogP contribution in [0.5, 0.6) is 5.75 Å². The van der Waals surface area contributed by atoms with Crippen LogP contribution in [0.25, 0.3) is 0 Å². The van der Waals surface area contributed by atoms with Gasteiger partial charge in [0.2, 0.25) is 0 Å². The van der Waals surface area contributed by atoms with Crippen molar-refractivity contribution in [1.82, 2.24) is 10.2 Å². The van der Waals surface area contributed by atoms with Gasteiger partial charge in [-0.3, -0.25) is 9.59 Å². The number of nitrogens with one attached hydrogen (secondary N) is 1. The molecule has 2 rings (SSSR count). The number of hydrogen-bond acceptors (Lipinski definition) is 4. The minimum absolute atomic E-state index is 0. The number of carbonyl (C=O) groups excluding carboxylic acids is 2. The summed E-state index contributed by atoms with van der Waals surface area (Å²) in [6.07, 6.45) is 1.37. The van der Waals surface area contributed by atoms with Crippen LogP contribution < -0.4 is 10.1 Å². The number of halogens is 1. The van der Waals surface area contributed by atoms with Gasteiger partial charge in [0.25, 0.3) is 5.91 Å². The molecule has 1 atom stereocenters. The maximum absolute atomic E-state index is 12.5. The van der Waals surface area contributed by atoms with Crippen LogP contribution in [0.1, 0.15) is 37.0 Å². The largest absolute Gasteiger partial charge is 0.481 e. The van der Waals surface area contributed by atoms with Crippen LogP contribution in [-0.4, -0.2) is 48.9 Å². The van der Waals surface area contributed by atoms with Crippen molar-refractivity contribution in [3.63, 3.8) is 0 Å². The van der Waals surface area contributed by atoms with E-state index in [0.717, 1.165) is 25.9 Å². The summed E-state index contributed by atoms with van der Waals surface area (Å²) in [6, 6.07) is 7.21. The third-order valence-corrected chi connectivity index (χ3v) is 4.11. The zero-order chi connectivity index (χ0) is 16.1. The van der Waals surface area contributed by atoms with Gasteiger partial charge in [0.05, 0.1) is 0 Å². The Hall–Kier alpha value is -1.59. The van der Waals surface area contributed by atoms with Crippen LogP contribution in [0.15, 0.2) is 24.3 Å². The van der Waals surface area contributed by atoms with E-state index in [9.17, 15) is 9.59 Å². The minimum atomic E-state index is -0.568. The topological polar surface area (TPSA) is 58.6 Å². The summed E-state index contributed by atoms with van der Waals surface area (Å²) in [5.74, 6) is 0.503. The molecule has 1 unspecified atom stereocenters. The van der Waals surface area contributed by atoms with Gasteiger partial charge in [-0.05, 0) is 51.9 Å². The molecule has 1 aromatic carbocycles. The molecule has 1 N–H and O–H groups in total. The second kappa shape index (κ2) is 8.89. The van der Waals surface area contributed by atoms with E-state index < -0.39 is 6.10 Å². The number of ketones is 1. The number of rotatable bonds is 5. The molecule has 6 heteroatoms. The van der Waals surface area contributed by atoms with Gasteiger partial charge in [0.15, 0.2) is 11.9 Å². The van der Waals surface area contributed by atoms with Crippen molar-refractivity contribution in [3.05, 3.63) is 29.8 Å². The van der Waals surface area contributed by atoms with Gasteiger partial charge in [-0.25, -0.2) is 0 Å². The molecular formula is C17H25ClN2O3. The maximum Gasteiger partial charge on any atom is 0.263 e. The number of amides is 1. The highest BCUT2D eigenvalue weighted by Crippen LogP contribution is 2.17. The first-order chi connectivity index (χ1) is 10.5. The molecule has 128 valence electrons. The number of piperidine rings is 1. The number of ether oxygens (including phenoxy) is 1. The molecule has 1 fully saturated rings. The second-order valence-corrected chi connectivity index (χ2v) is 5.77. The molecule has 0 bridgehead atoms. The molecule has 1 aromatic rings. The van der Waals surface area contributed by atoms with Gasteiger partial charge >= 0.3 is 0 Å². The highest BCUT2D eigenvalue weighted by Gasteiger charge is 2.26. The van der Waals surface area contributed by atoms with E-state index in [2.05, 4.69) is 5.32 Å². The fraction of sp³-hybridized carbons (Fsp3) is 0.529. The molecule has 1 heterocycles. The zero-order valence-corrected chi connectivity index (χ0v) is 14.7. The van der Waals surface area contributed by atoms with Gasteiger partial charge in [0, 0.05) is 18.7 Å². The fourth-order valence-corrected chi connectivity index (χ4v) is 2.70. The average Bonchev–Trinajstić information content (AvgIpc) is 2.54. The van der Waals surface area contributed by atoms with Gasteiger partial charge in [-0.15, -0.1) is 12.4 Å². The second-order valence-electron chi connectivity index (χ2n) is 5.77. The lowest BCUT2D eigenvalue weighted by atomic mass is 10.0. The zero-order valence-electron chi connectivity index (χ0n) is 13.9. The summed E-state index contributed by atoms with van der Waals surface area (Å²) in [4.78, 5) is 25.7. The van der Waals surface area contributed by atoms with Crippen LogP contribution in [0.3, 0.4) is 0 Å². The molecular weight excluding hydrogens is 316 g/mol. The summed E-state index contributed by atoms with van der Waals surface area (Å²) in [7, 11) is 1.84. The molecule has 5 nitrogen and oxygen atoms in total. The van der Waals surface area contributed by atoms with Crippen LogP contribution in [0.4, 0.5) is 0 Å². The van der Waals surface area contributed by atoms with Crippen molar-refractivity contribution >= 4 is 24.1 Å². The molecule has 1 saturated heterocycles. The van der Waals surface area contributed by atoms with Crippen molar-refractivity contribution in [2.75, 3.05) is 20.1 Å². The summed E-state index contributed by atoms with van der Waals surface area (Å²) in [5.41, 5.74) is 0.587. The van der Waals surface area contributed by atoms with Gasteiger partial charge in [-0.2, -0.15) is 0 Å². The van der Waals surface area contributed by atoms with E-state index in [-0.39, 0.29) is 30.1 Å². The Labute approximate surface area is 143 Å². The lowest BCUT2D eigenvalue weighted by Crippen LogP contribution is -2.48. The standard InChI is InChI=1S/C17H24N2O3.ClH/c1-12(20)14-5-4-6-16(11-14)22-13(2)17(21)19(3)15-7-9-18-10-8-15;/h4-6,11,13,15,18H,7-10H2,1-3H3;1H. The predicted octanol–water partition coefficient (Wildman–Crippen LogP) is 2.29. The van der Waals surface area contributed by atoms with Crippen molar-refractivity contribution in [3.8, 4) is 5.75 Å². The molecule has 0 aliphatic carbocycles. The summed E-state index contributed by atoms with van der Waals surface area (Å²) >= 11 is 0. The van der Waals surface area contributed by atoms with E-state index in [1.54, 1.807) is 36.1 Å². The summed E-state index contributed by atoms with van der Waals surface area (Å²) in [6.45, 7) is 5.15. The Balaban J connectivity index is 0.00000264. The molecule has 0 aromatic heterocycles. The van der Waals surface area contributed by atoms with Gasteiger partial charge in [-0.1, -0.05) is 12.1 Å². The fourth-order valence-electron chi connectivity index (χ4n) is 2.70. The number of carbonyl (C=O) groups is 2. The van der Waals surface area contributed by atoms with Crippen molar-refractivity contribution in [2.24, 2.45) is 0 Å². The number of benzene rings is 1. The Morgan fingerprint density at radius 2 is 1.96 bits per heavy atom. The van der Waals surface area contributed by atoms with Crippen molar-refractivity contribution in [1.29, 1.82) is 0 Å². The molecule has 0 spiro atoms. The third kappa shape index (κ3) is 5.22. The first-order valence-corrected chi connectivity index (χ1v) is 7.74. The average molecular weight is 341 g/mol. The van der Waals surface area contributed by atoms with E-state index in [0.29, 0.717) is 11.3 Å². The van der Waals surface area contributed by atoms with E-state index in [1.807, 2.05) is 7.05 Å². The van der Waals surface area contributed by atoms with E-state index in [4.69, 9.17) is 4.74 Å². The van der Waals surface area contributed by atoms with E-state index in [1.165, 1.54) is 6.92 Å². The van der Waals surface area contributed by atoms with Crippen LogP contribution in [0, 0.1) is 0 Å². The highest BCUT2D eigenvalue weighted by atomic mass is 35.5. The molecule has 1 aliphatic heterocycles. The van der Waals surface area contributed by atoms with E-state index >= 15 is 0 Å². The molecule has 0 saturated carbocycles. The highest BCUT2D eigenvalue weighted by molar-refractivity contribution is 5.94. The summed E-state index contributed by atoms with van der Waals surface area (Å²) in [5, 5.41) is 3.29. The van der Waals surface area contributed by atoms with Gasteiger partial charge < -0.3 is 15.0 Å². The predicted molar refractivity (Wildman–Crippen MR) is 92.4 cm³/mol. The van der Waals surface area contributed by atoms with Crippen molar-refractivity contribution < 1.29 is 14.3 Å². The first-order valence-electron chi connectivity index (χ1n) is 7.74. The smallest absolute Gasteiger partial charge is 0.263 e. The number of likely N-dealkylation sites (N-methyl/N-ethyl adjacent to an activating group) is 1. The number of nitrogens with zero attached hydrogens (tertiary/aromatic N) is 1. The SMILES string of the molecule is CC(=O)c1cccc(OC(C)C(=O)N(C)C2CCNCC2)c1.Cl. The quantitative estimate of drug-likeness (QED) is 0.835. The molecule has 1 amide bonds. The molecule has 23 heavy (non-hydrogen) atoms. The third-order valence-electron chi connectivity index (χ3n) is 4.11. The lowest BCUT2D eigenvalue weighted by Gasteiger charge is -2.33. The monoisotopic (exact) mass is 340 g/mol. The summed E-state index contributed by atoms with van der Waals surface area (Å²) < 4.78 is 5.72. The maximum atomic E-state index is 12.5. The number of Topliss-reactive ketones (excluding diaryl/α,β-unsaturated/α-hetero) is 1. The van der Waals surface area contributed by atoms with Crippen LogP contribution >= 0.6 is 12.4 Å². The minimum Gasteiger partial charge on any atom is -0.481 e. The van der Waals surface area contributed by atoms with Crippen LogP contribution in [0.2, 0.25) is 0 Å². The Morgan fingerprint density at radius 1 is 1.30 bits per heavy atom. The molecule has 1 aliphatic rings. The normalized spacial score (nSPS) is 16.1. The first kappa shape index (κ1) is 19.5. The Morgan fingerprint density at radius 3 is 2.57 bits per heavy atom. The Bertz CT molecular complexity index is 544. The van der Waals surface area contributed by atoms with Crippen LogP contribution in [-0.2, 0) is 4.79 Å². The molecule has 0 radical (unpaired) electrons. The number of hydrogen-bond donors (Lipinski definition) is 1. The Kier molecular flexibility index (Phi) is 7.52. The van der Waals surface area contributed by atoms with Crippen molar-refractivity contribution in [2.45, 2.75) is 38.8 Å².